The third kappa shape index (κ3) is 1.87. The van der Waals surface area contributed by atoms with Crippen molar-refractivity contribution in [1.29, 1.82) is 0 Å². The number of hydrogen-bond acceptors (Lipinski definition) is 3. The lowest BCUT2D eigenvalue weighted by Crippen LogP contribution is -1.96. The highest BCUT2D eigenvalue weighted by molar-refractivity contribution is 5.84. The molecule has 0 aliphatic heterocycles. The van der Waals surface area contributed by atoms with Gasteiger partial charge in [0.15, 0.2) is 0 Å². The first-order valence-corrected chi connectivity index (χ1v) is 6.44. The fourth-order valence-electron chi connectivity index (χ4n) is 2.29. The summed E-state index contributed by atoms with van der Waals surface area (Å²) < 4.78 is 0. The number of nitrogens with one attached hydrogen (secondary N) is 2. The first-order valence-electron chi connectivity index (χ1n) is 6.44. The van der Waals surface area contributed by atoms with Crippen LogP contribution in [0.1, 0.15) is 0 Å². The Kier molecular flexibility index (Phi) is 2.39. The fraction of sp³-hybridized carbons (Fsp3) is 0. The molecule has 96 valence electrons. The average molecular weight is 260 g/mol. The molecule has 0 atom stereocenters. The van der Waals surface area contributed by atoms with Gasteiger partial charge < -0.3 is 10.3 Å². The number of fused-ring (bicyclic) bond motifs is 2. The van der Waals surface area contributed by atoms with Crippen LogP contribution in [-0.2, 0) is 0 Å². The normalized spacial score (nSPS) is 11.0. The van der Waals surface area contributed by atoms with E-state index in [-0.39, 0.29) is 0 Å². The first-order chi connectivity index (χ1) is 9.88. The van der Waals surface area contributed by atoms with E-state index in [1.54, 1.807) is 0 Å². The molecule has 4 rings (SSSR count). The Bertz CT molecular complexity index is 895. The standard InChI is InChI=1S/C16H12N4/c1-2-4-15-12(3-1)10-18-16(20-15)19-13-5-6-14-11(9-13)7-8-17-14/h1-10,17H,(H,18,19,20). The van der Waals surface area contributed by atoms with Crippen LogP contribution in [0.3, 0.4) is 0 Å². The molecule has 2 aromatic carbocycles. The third-order valence-electron chi connectivity index (χ3n) is 3.30. The predicted molar refractivity (Wildman–Crippen MR) is 81.1 cm³/mol. The van der Waals surface area contributed by atoms with Gasteiger partial charge in [0.25, 0.3) is 0 Å². The Morgan fingerprint density at radius 2 is 1.90 bits per heavy atom. The van der Waals surface area contributed by atoms with Gasteiger partial charge in [0.1, 0.15) is 0 Å². The minimum Gasteiger partial charge on any atom is -0.361 e. The Morgan fingerprint density at radius 1 is 0.950 bits per heavy atom. The lowest BCUT2D eigenvalue weighted by molar-refractivity contribution is 1.21. The van der Waals surface area contributed by atoms with Crippen LogP contribution >= 0.6 is 0 Å². The Balaban J connectivity index is 1.72. The van der Waals surface area contributed by atoms with Crippen molar-refractivity contribution in [2.24, 2.45) is 0 Å². The summed E-state index contributed by atoms with van der Waals surface area (Å²) in [5, 5.41) is 5.45. The van der Waals surface area contributed by atoms with Crippen molar-refractivity contribution in [2.75, 3.05) is 5.32 Å². The highest BCUT2D eigenvalue weighted by atomic mass is 15.1. The number of nitrogens with zero attached hydrogens (tertiary/aromatic N) is 2. The van der Waals surface area contributed by atoms with Crippen LogP contribution < -0.4 is 5.32 Å². The van der Waals surface area contributed by atoms with Crippen LogP contribution in [0.15, 0.2) is 60.9 Å². The van der Waals surface area contributed by atoms with E-state index in [1.165, 1.54) is 0 Å². The number of hydrogen-bond donors (Lipinski definition) is 2. The maximum absolute atomic E-state index is 4.51. The third-order valence-corrected chi connectivity index (χ3v) is 3.30. The smallest absolute Gasteiger partial charge is 0.227 e. The van der Waals surface area contributed by atoms with E-state index >= 15 is 0 Å². The second-order valence-electron chi connectivity index (χ2n) is 4.66. The molecule has 20 heavy (non-hydrogen) atoms. The van der Waals surface area contributed by atoms with Crippen LogP contribution in [0.5, 0.6) is 0 Å². The lowest BCUT2D eigenvalue weighted by atomic mass is 10.2. The number of H-pyrrole nitrogens is 1. The van der Waals surface area contributed by atoms with Gasteiger partial charge in [-0.25, -0.2) is 9.97 Å². The van der Waals surface area contributed by atoms with Crippen LogP contribution in [0.2, 0.25) is 0 Å². The van der Waals surface area contributed by atoms with Crippen molar-refractivity contribution in [3.8, 4) is 0 Å². The van der Waals surface area contributed by atoms with Crippen molar-refractivity contribution in [3.05, 3.63) is 60.9 Å². The quantitative estimate of drug-likeness (QED) is 0.575. The van der Waals surface area contributed by atoms with E-state index in [0.29, 0.717) is 5.95 Å². The molecule has 0 saturated carbocycles. The van der Waals surface area contributed by atoms with Crippen LogP contribution in [0, 0.1) is 0 Å². The summed E-state index contributed by atoms with van der Waals surface area (Å²) in [7, 11) is 0. The molecular formula is C16H12N4. The monoisotopic (exact) mass is 260 g/mol. The van der Waals surface area contributed by atoms with Gasteiger partial charge in [-0.05, 0) is 30.3 Å². The molecule has 0 aliphatic carbocycles. The van der Waals surface area contributed by atoms with Crippen molar-refractivity contribution >= 4 is 33.4 Å². The van der Waals surface area contributed by atoms with Gasteiger partial charge >= 0.3 is 0 Å². The van der Waals surface area contributed by atoms with Crippen molar-refractivity contribution in [3.63, 3.8) is 0 Å². The Hall–Kier alpha value is -2.88. The molecular weight excluding hydrogens is 248 g/mol. The molecule has 0 spiro atoms. The number of para-hydroxylation sites is 1. The molecule has 0 amide bonds. The van der Waals surface area contributed by atoms with Crippen LogP contribution in [0.4, 0.5) is 11.6 Å². The van der Waals surface area contributed by atoms with E-state index < -0.39 is 0 Å². The largest absolute Gasteiger partial charge is 0.361 e. The highest BCUT2D eigenvalue weighted by Gasteiger charge is 2.01. The number of benzene rings is 2. The summed E-state index contributed by atoms with van der Waals surface area (Å²) in [6.45, 7) is 0. The molecule has 0 radical (unpaired) electrons. The number of rotatable bonds is 2. The summed E-state index contributed by atoms with van der Waals surface area (Å²) in [4.78, 5) is 12.0. The summed E-state index contributed by atoms with van der Waals surface area (Å²) in [5.41, 5.74) is 3.04. The zero-order valence-corrected chi connectivity index (χ0v) is 10.7. The average Bonchev–Trinajstić information content (AvgIpc) is 2.95. The van der Waals surface area contributed by atoms with E-state index in [4.69, 9.17) is 0 Å². The second-order valence-corrected chi connectivity index (χ2v) is 4.66. The number of aromatic nitrogens is 3. The summed E-state index contributed by atoms with van der Waals surface area (Å²) in [6, 6.07) is 16.1. The van der Waals surface area contributed by atoms with Crippen molar-refractivity contribution in [1.82, 2.24) is 15.0 Å². The molecule has 0 fully saturated rings. The summed E-state index contributed by atoms with van der Waals surface area (Å²) >= 11 is 0. The summed E-state index contributed by atoms with van der Waals surface area (Å²) in [6.07, 6.45) is 3.76. The van der Waals surface area contributed by atoms with Crippen molar-refractivity contribution in [2.45, 2.75) is 0 Å². The van der Waals surface area contributed by atoms with Gasteiger partial charge in [0.05, 0.1) is 5.52 Å². The van der Waals surface area contributed by atoms with Gasteiger partial charge in [-0.15, -0.1) is 0 Å². The van der Waals surface area contributed by atoms with E-state index in [0.717, 1.165) is 27.5 Å². The van der Waals surface area contributed by atoms with Gasteiger partial charge in [0, 0.05) is 34.4 Å². The van der Waals surface area contributed by atoms with Crippen LogP contribution in [0.25, 0.3) is 21.8 Å². The minimum absolute atomic E-state index is 0.610. The van der Waals surface area contributed by atoms with Crippen LogP contribution in [-0.4, -0.2) is 15.0 Å². The molecule has 4 aromatic rings. The Morgan fingerprint density at radius 3 is 2.90 bits per heavy atom. The molecule has 2 aromatic heterocycles. The molecule has 4 heteroatoms. The maximum Gasteiger partial charge on any atom is 0.227 e. The first kappa shape index (κ1) is 11.0. The maximum atomic E-state index is 4.51. The van der Waals surface area contributed by atoms with E-state index in [2.05, 4.69) is 26.3 Å². The highest BCUT2D eigenvalue weighted by Crippen LogP contribution is 2.21. The van der Waals surface area contributed by atoms with E-state index in [1.807, 2.05) is 54.9 Å². The molecule has 0 saturated heterocycles. The Labute approximate surface area is 115 Å². The van der Waals surface area contributed by atoms with Gasteiger partial charge in [-0.3, -0.25) is 0 Å². The number of aromatic amines is 1. The molecule has 2 heterocycles. The van der Waals surface area contributed by atoms with Gasteiger partial charge in [0.2, 0.25) is 5.95 Å². The SMILES string of the molecule is c1ccc2nc(Nc3ccc4[nH]ccc4c3)ncc2c1. The second kappa shape index (κ2) is 4.35. The summed E-state index contributed by atoms with van der Waals surface area (Å²) in [5.74, 6) is 0.610. The molecule has 0 aliphatic rings. The predicted octanol–water partition coefficient (Wildman–Crippen LogP) is 3.85. The zero-order chi connectivity index (χ0) is 13.4. The minimum atomic E-state index is 0.610. The lowest BCUT2D eigenvalue weighted by Gasteiger charge is -2.05. The topological polar surface area (TPSA) is 53.6 Å². The van der Waals surface area contributed by atoms with Gasteiger partial charge in [-0.2, -0.15) is 0 Å². The number of anilines is 2. The molecule has 0 bridgehead atoms. The van der Waals surface area contributed by atoms with E-state index in [9.17, 15) is 0 Å². The zero-order valence-electron chi connectivity index (χ0n) is 10.7. The molecule has 4 nitrogen and oxygen atoms in total. The van der Waals surface area contributed by atoms with Crippen molar-refractivity contribution < 1.29 is 0 Å². The molecule has 0 unspecified atom stereocenters. The molecule has 2 N–H and O–H groups in total. The fourth-order valence-corrected chi connectivity index (χ4v) is 2.29. The van der Waals surface area contributed by atoms with Gasteiger partial charge in [-0.1, -0.05) is 18.2 Å².